The van der Waals surface area contributed by atoms with Crippen LogP contribution in [0.4, 0.5) is 0 Å². The number of unbranched alkanes of at least 4 members (excludes halogenated alkanes) is 1. The summed E-state index contributed by atoms with van der Waals surface area (Å²) >= 11 is 12.0. The molecule has 0 unspecified atom stereocenters. The summed E-state index contributed by atoms with van der Waals surface area (Å²) in [4.78, 5) is 29.5. The predicted molar refractivity (Wildman–Crippen MR) is 118 cm³/mol. The number of aromatic nitrogens is 1. The van der Waals surface area contributed by atoms with Crippen LogP contribution in [-0.4, -0.2) is 45.8 Å². The van der Waals surface area contributed by atoms with E-state index in [9.17, 15) is 9.59 Å². The van der Waals surface area contributed by atoms with Gasteiger partial charge in [0.1, 0.15) is 6.54 Å². The summed E-state index contributed by atoms with van der Waals surface area (Å²) in [5.74, 6) is -0.269. The Hall–Kier alpha value is -1.98. The van der Waals surface area contributed by atoms with Crippen LogP contribution in [0.5, 0.6) is 0 Å². The number of amides is 2. The highest BCUT2D eigenvalue weighted by atomic mass is 35.5. The van der Waals surface area contributed by atoms with E-state index in [2.05, 4.69) is 6.92 Å². The summed E-state index contributed by atoms with van der Waals surface area (Å²) in [7, 11) is 1.97. The first-order chi connectivity index (χ1) is 13.9. The van der Waals surface area contributed by atoms with Crippen LogP contribution in [0.2, 0.25) is 10.0 Å². The molecule has 0 aliphatic heterocycles. The van der Waals surface area contributed by atoms with E-state index in [4.69, 9.17) is 23.2 Å². The number of carbonyl (C=O) groups is 2. The third kappa shape index (κ3) is 6.51. The molecule has 2 aromatic rings. The molecule has 0 fully saturated rings. The van der Waals surface area contributed by atoms with Crippen LogP contribution in [0.15, 0.2) is 36.5 Å². The van der Waals surface area contributed by atoms with Crippen LogP contribution < -0.4 is 0 Å². The van der Waals surface area contributed by atoms with Crippen molar-refractivity contribution in [3.63, 3.8) is 0 Å². The standard InChI is InChI=1S/C22H29Cl2N3O2/c1-4-6-13-26(15-18-8-7-12-25(18)3)21(28)16-27(11-5-2)22(29)17-9-10-19(23)20(24)14-17/h7-10,12,14H,4-6,11,13,15-16H2,1-3H3. The molecular weight excluding hydrogens is 409 g/mol. The number of carbonyl (C=O) groups excluding carboxylic acids is 2. The number of hydrogen-bond donors (Lipinski definition) is 0. The molecule has 0 spiro atoms. The molecule has 158 valence electrons. The first-order valence-electron chi connectivity index (χ1n) is 9.99. The van der Waals surface area contributed by atoms with Crippen molar-refractivity contribution >= 4 is 35.0 Å². The molecule has 0 radical (unpaired) electrons. The maximum Gasteiger partial charge on any atom is 0.254 e. The van der Waals surface area contributed by atoms with Gasteiger partial charge in [0.25, 0.3) is 5.91 Å². The smallest absolute Gasteiger partial charge is 0.254 e. The number of aryl methyl sites for hydroxylation is 1. The van der Waals surface area contributed by atoms with E-state index in [1.807, 2.05) is 41.8 Å². The van der Waals surface area contributed by atoms with Crippen molar-refractivity contribution < 1.29 is 9.59 Å². The first kappa shape index (κ1) is 23.3. The second-order valence-corrected chi connectivity index (χ2v) is 7.95. The Bertz CT molecular complexity index is 835. The minimum absolute atomic E-state index is 0.0427. The molecule has 0 N–H and O–H groups in total. The summed E-state index contributed by atoms with van der Waals surface area (Å²) in [6.45, 7) is 5.82. The van der Waals surface area contributed by atoms with E-state index in [0.29, 0.717) is 35.2 Å². The Labute approximate surface area is 183 Å². The van der Waals surface area contributed by atoms with Gasteiger partial charge in [-0.05, 0) is 43.2 Å². The number of hydrogen-bond acceptors (Lipinski definition) is 2. The normalized spacial score (nSPS) is 10.8. The molecule has 2 rings (SSSR count). The number of nitrogens with zero attached hydrogens (tertiary/aromatic N) is 3. The van der Waals surface area contributed by atoms with Gasteiger partial charge in [-0.25, -0.2) is 0 Å². The van der Waals surface area contributed by atoms with Gasteiger partial charge in [0.2, 0.25) is 5.91 Å². The molecule has 0 aliphatic rings. The van der Waals surface area contributed by atoms with E-state index in [0.717, 1.165) is 25.0 Å². The van der Waals surface area contributed by atoms with Crippen molar-refractivity contribution in [2.75, 3.05) is 19.6 Å². The van der Waals surface area contributed by atoms with Crippen LogP contribution in [-0.2, 0) is 18.4 Å². The van der Waals surface area contributed by atoms with Gasteiger partial charge in [0, 0.05) is 37.6 Å². The van der Waals surface area contributed by atoms with Gasteiger partial charge in [-0.2, -0.15) is 0 Å². The van der Waals surface area contributed by atoms with Gasteiger partial charge in [-0.3, -0.25) is 9.59 Å². The summed E-state index contributed by atoms with van der Waals surface area (Å²) < 4.78 is 2.01. The monoisotopic (exact) mass is 437 g/mol. The zero-order chi connectivity index (χ0) is 21.4. The number of rotatable bonds is 10. The Morgan fingerprint density at radius 1 is 1.00 bits per heavy atom. The average molecular weight is 438 g/mol. The summed E-state index contributed by atoms with van der Waals surface area (Å²) in [5.41, 5.74) is 1.50. The highest BCUT2D eigenvalue weighted by Gasteiger charge is 2.22. The maximum absolute atomic E-state index is 13.1. The Morgan fingerprint density at radius 2 is 1.76 bits per heavy atom. The number of halogens is 2. The predicted octanol–water partition coefficient (Wildman–Crippen LogP) is 5.01. The molecule has 0 saturated heterocycles. The third-order valence-electron chi connectivity index (χ3n) is 4.81. The molecule has 1 aromatic heterocycles. The van der Waals surface area contributed by atoms with Crippen LogP contribution >= 0.6 is 23.2 Å². The van der Waals surface area contributed by atoms with Crippen molar-refractivity contribution in [2.45, 2.75) is 39.7 Å². The van der Waals surface area contributed by atoms with Crippen LogP contribution in [0, 0.1) is 0 Å². The van der Waals surface area contributed by atoms with Crippen LogP contribution in [0.1, 0.15) is 49.2 Å². The summed E-state index contributed by atoms with van der Waals surface area (Å²) in [6, 6.07) is 8.78. The van der Waals surface area contributed by atoms with E-state index in [1.54, 1.807) is 23.1 Å². The fourth-order valence-electron chi connectivity index (χ4n) is 3.09. The molecule has 0 saturated carbocycles. The Balaban J connectivity index is 2.16. The largest absolute Gasteiger partial charge is 0.353 e. The fraction of sp³-hybridized carbons (Fsp3) is 0.455. The second kappa shape index (κ2) is 11.3. The van der Waals surface area contributed by atoms with E-state index in [1.165, 1.54) is 0 Å². The summed E-state index contributed by atoms with van der Waals surface area (Å²) in [5, 5.41) is 0.725. The van der Waals surface area contributed by atoms with Gasteiger partial charge in [-0.15, -0.1) is 0 Å². The van der Waals surface area contributed by atoms with E-state index in [-0.39, 0.29) is 18.4 Å². The van der Waals surface area contributed by atoms with Crippen molar-refractivity contribution in [3.8, 4) is 0 Å². The molecule has 2 amide bonds. The lowest BCUT2D eigenvalue weighted by molar-refractivity contribution is -0.132. The van der Waals surface area contributed by atoms with Crippen molar-refractivity contribution in [1.82, 2.24) is 14.4 Å². The molecule has 0 bridgehead atoms. The third-order valence-corrected chi connectivity index (χ3v) is 5.55. The second-order valence-electron chi connectivity index (χ2n) is 7.13. The molecule has 29 heavy (non-hydrogen) atoms. The zero-order valence-electron chi connectivity index (χ0n) is 17.3. The molecule has 5 nitrogen and oxygen atoms in total. The Morgan fingerprint density at radius 3 is 2.34 bits per heavy atom. The lowest BCUT2D eigenvalue weighted by atomic mass is 10.2. The van der Waals surface area contributed by atoms with Gasteiger partial charge in [0.05, 0.1) is 16.6 Å². The van der Waals surface area contributed by atoms with Crippen molar-refractivity contribution in [1.29, 1.82) is 0 Å². The average Bonchev–Trinajstić information content (AvgIpc) is 3.10. The molecule has 0 aliphatic carbocycles. The molecule has 0 atom stereocenters. The van der Waals surface area contributed by atoms with E-state index >= 15 is 0 Å². The molecular formula is C22H29Cl2N3O2. The SMILES string of the molecule is CCCCN(Cc1cccn1C)C(=O)CN(CCC)C(=O)c1ccc(Cl)c(Cl)c1. The van der Waals surface area contributed by atoms with Gasteiger partial charge < -0.3 is 14.4 Å². The molecule has 1 heterocycles. The van der Waals surface area contributed by atoms with Crippen LogP contribution in [0.3, 0.4) is 0 Å². The van der Waals surface area contributed by atoms with Crippen molar-refractivity contribution in [2.24, 2.45) is 7.05 Å². The maximum atomic E-state index is 13.1. The topological polar surface area (TPSA) is 45.6 Å². The van der Waals surface area contributed by atoms with Crippen LogP contribution in [0.25, 0.3) is 0 Å². The minimum atomic E-state index is -0.215. The summed E-state index contributed by atoms with van der Waals surface area (Å²) in [6.07, 6.45) is 4.64. The van der Waals surface area contributed by atoms with E-state index < -0.39 is 0 Å². The zero-order valence-corrected chi connectivity index (χ0v) is 18.8. The highest BCUT2D eigenvalue weighted by Crippen LogP contribution is 2.23. The molecule has 7 heteroatoms. The lowest BCUT2D eigenvalue weighted by Gasteiger charge is -2.28. The molecule has 1 aromatic carbocycles. The number of benzene rings is 1. The Kier molecular flexibility index (Phi) is 9.05. The van der Waals surface area contributed by atoms with Crippen molar-refractivity contribution in [3.05, 3.63) is 57.8 Å². The van der Waals surface area contributed by atoms with Gasteiger partial charge in [0.15, 0.2) is 0 Å². The highest BCUT2D eigenvalue weighted by molar-refractivity contribution is 6.42. The van der Waals surface area contributed by atoms with Gasteiger partial charge in [-0.1, -0.05) is 43.5 Å². The van der Waals surface area contributed by atoms with Gasteiger partial charge >= 0.3 is 0 Å². The fourth-order valence-corrected chi connectivity index (χ4v) is 3.39. The quantitative estimate of drug-likeness (QED) is 0.523. The first-order valence-corrected chi connectivity index (χ1v) is 10.7. The lowest BCUT2D eigenvalue weighted by Crippen LogP contribution is -2.43. The minimum Gasteiger partial charge on any atom is -0.353 e.